The van der Waals surface area contributed by atoms with Crippen LogP contribution in [0.25, 0.3) is 10.6 Å². The fourth-order valence-corrected chi connectivity index (χ4v) is 3.01. The minimum Gasteiger partial charge on any atom is -0.476 e. The highest BCUT2D eigenvalue weighted by Gasteiger charge is 2.19. The summed E-state index contributed by atoms with van der Waals surface area (Å²) in [7, 11) is 1.78. The largest absolute Gasteiger partial charge is 0.476 e. The summed E-state index contributed by atoms with van der Waals surface area (Å²) in [5, 5.41) is 17.5. The molecule has 0 saturated heterocycles. The quantitative estimate of drug-likeness (QED) is 0.721. The molecule has 7 heteroatoms. The molecule has 0 amide bonds. The molecule has 0 aliphatic heterocycles. The summed E-state index contributed by atoms with van der Waals surface area (Å²) in [6.45, 7) is 0. The van der Waals surface area contributed by atoms with Crippen LogP contribution >= 0.6 is 11.3 Å². The zero-order valence-electron chi connectivity index (χ0n) is 12.1. The van der Waals surface area contributed by atoms with Gasteiger partial charge in [0.1, 0.15) is 10.0 Å². The Morgan fingerprint density at radius 2 is 2.30 bits per heavy atom. The van der Waals surface area contributed by atoms with Crippen molar-refractivity contribution in [1.29, 1.82) is 0 Å². The Bertz CT molecular complexity index is 920. The highest BCUT2D eigenvalue weighted by Crippen LogP contribution is 2.34. The average Bonchev–Trinajstić information content (AvgIpc) is 3.14. The highest BCUT2D eigenvalue weighted by molar-refractivity contribution is 7.19. The van der Waals surface area contributed by atoms with E-state index in [4.69, 9.17) is 6.42 Å². The van der Waals surface area contributed by atoms with Gasteiger partial charge >= 0.3 is 5.97 Å². The van der Waals surface area contributed by atoms with Crippen molar-refractivity contribution < 1.29 is 9.90 Å². The molecule has 0 unspecified atom stereocenters. The van der Waals surface area contributed by atoms with Crippen LogP contribution < -0.4 is 5.32 Å². The molecule has 0 aliphatic rings. The summed E-state index contributed by atoms with van der Waals surface area (Å²) in [5.74, 6) is 1.47. The van der Waals surface area contributed by atoms with Gasteiger partial charge in [0.2, 0.25) is 0 Å². The lowest BCUT2D eigenvalue weighted by Crippen LogP contribution is -2.01. The average molecular weight is 324 g/mol. The number of nitrogens with zero attached hydrogens (tertiary/aromatic N) is 3. The van der Waals surface area contributed by atoms with Gasteiger partial charge in [0.25, 0.3) is 0 Å². The van der Waals surface area contributed by atoms with E-state index in [1.165, 1.54) is 11.3 Å². The summed E-state index contributed by atoms with van der Waals surface area (Å²) in [5.41, 5.74) is 2.17. The van der Waals surface area contributed by atoms with Gasteiger partial charge in [-0.05, 0) is 12.1 Å². The maximum Gasteiger partial charge on any atom is 0.357 e. The molecular formula is C16H12N4O2S. The van der Waals surface area contributed by atoms with Crippen LogP contribution in [0.3, 0.4) is 0 Å². The molecule has 0 radical (unpaired) electrons. The van der Waals surface area contributed by atoms with Gasteiger partial charge in [0.05, 0.1) is 11.9 Å². The Kier molecular flexibility index (Phi) is 3.83. The van der Waals surface area contributed by atoms with E-state index >= 15 is 0 Å². The molecule has 23 heavy (non-hydrogen) atoms. The van der Waals surface area contributed by atoms with Crippen molar-refractivity contribution in [2.75, 3.05) is 5.32 Å². The van der Waals surface area contributed by atoms with Crippen molar-refractivity contribution in [2.45, 2.75) is 0 Å². The van der Waals surface area contributed by atoms with E-state index in [-0.39, 0.29) is 5.69 Å². The van der Waals surface area contributed by atoms with Crippen LogP contribution in [0.2, 0.25) is 0 Å². The van der Waals surface area contributed by atoms with Gasteiger partial charge < -0.3 is 10.4 Å². The van der Waals surface area contributed by atoms with Crippen LogP contribution in [0, 0.1) is 12.3 Å². The molecule has 3 aromatic rings. The van der Waals surface area contributed by atoms with Crippen LogP contribution in [-0.2, 0) is 7.05 Å². The van der Waals surface area contributed by atoms with Crippen molar-refractivity contribution in [3.8, 4) is 22.9 Å². The zero-order chi connectivity index (χ0) is 16.4. The van der Waals surface area contributed by atoms with E-state index < -0.39 is 5.97 Å². The number of benzene rings is 1. The van der Waals surface area contributed by atoms with E-state index in [1.807, 2.05) is 18.2 Å². The molecule has 6 nitrogen and oxygen atoms in total. The van der Waals surface area contributed by atoms with Gasteiger partial charge in [-0.1, -0.05) is 29.4 Å². The fourth-order valence-electron chi connectivity index (χ4n) is 2.03. The highest BCUT2D eigenvalue weighted by atomic mass is 32.1. The number of carboxylic acids is 1. The van der Waals surface area contributed by atoms with Crippen molar-refractivity contribution in [3.63, 3.8) is 0 Å². The Hall–Kier alpha value is -3.11. The molecule has 0 bridgehead atoms. The monoisotopic (exact) mass is 324 g/mol. The molecule has 2 N–H and O–H groups in total. The number of carbonyl (C=O) groups is 1. The lowest BCUT2D eigenvalue weighted by molar-refractivity contribution is 0.0692. The second-order valence-corrected chi connectivity index (χ2v) is 5.75. The number of aromatic carboxylic acids is 1. The van der Waals surface area contributed by atoms with Crippen molar-refractivity contribution in [1.82, 2.24) is 14.8 Å². The lowest BCUT2D eigenvalue weighted by Gasteiger charge is -1.99. The summed E-state index contributed by atoms with van der Waals surface area (Å²) in [6.07, 6.45) is 8.77. The number of aryl methyl sites for hydroxylation is 1. The van der Waals surface area contributed by atoms with Crippen LogP contribution in [0.4, 0.5) is 10.7 Å². The first-order valence-electron chi connectivity index (χ1n) is 6.63. The normalized spacial score (nSPS) is 10.3. The molecule has 114 valence electrons. The molecule has 0 atom stereocenters. The number of hydrogen-bond donors (Lipinski definition) is 2. The van der Waals surface area contributed by atoms with Crippen molar-refractivity contribution in [3.05, 3.63) is 47.9 Å². The number of aromatic nitrogens is 3. The SMILES string of the molecule is C#Cc1cccc(-c2nc(C(=O)O)c(Nc3cnn(C)c3)s2)c1. The summed E-state index contributed by atoms with van der Waals surface area (Å²) in [6, 6.07) is 7.28. The number of hydrogen-bond acceptors (Lipinski definition) is 5. The summed E-state index contributed by atoms with van der Waals surface area (Å²) >= 11 is 1.26. The predicted molar refractivity (Wildman–Crippen MR) is 88.9 cm³/mol. The van der Waals surface area contributed by atoms with Crippen LogP contribution in [0.1, 0.15) is 16.1 Å². The zero-order valence-corrected chi connectivity index (χ0v) is 13.0. The van der Waals surface area contributed by atoms with Crippen molar-refractivity contribution in [2.24, 2.45) is 7.05 Å². The van der Waals surface area contributed by atoms with E-state index in [0.29, 0.717) is 15.7 Å². The summed E-state index contributed by atoms with van der Waals surface area (Å²) < 4.78 is 1.63. The molecule has 0 aliphatic carbocycles. The Labute approximate surface area is 136 Å². The predicted octanol–water partition coefficient (Wildman–Crippen LogP) is 2.97. The molecule has 3 rings (SSSR count). The van der Waals surface area contributed by atoms with Crippen molar-refractivity contribution >= 4 is 28.0 Å². The molecule has 0 fully saturated rings. The number of anilines is 2. The molecule has 2 heterocycles. The van der Waals surface area contributed by atoms with Gasteiger partial charge in [-0.2, -0.15) is 5.10 Å². The van der Waals surface area contributed by atoms with Gasteiger partial charge in [-0.3, -0.25) is 4.68 Å². The third-order valence-electron chi connectivity index (χ3n) is 3.07. The number of thiazole rings is 1. The topological polar surface area (TPSA) is 80.0 Å². The third-order valence-corrected chi connectivity index (χ3v) is 4.09. The molecular weight excluding hydrogens is 312 g/mol. The first-order chi connectivity index (χ1) is 11.1. The van der Waals surface area contributed by atoms with Gasteiger partial charge in [-0.15, -0.1) is 6.42 Å². The number of rotatable bonds is 4. The standard InChI is InChI=1S/C16H12N4O2S/c1-3-10-5-4-6-11(7-10)14-19-13(16(21)22)15(23-14)18-12-8-17-20(2)9-12/h1,4-9,18H,2H3,(H,21,22). The number of carboxylic acid groups (broad SMARTS) is 1. The minimum atomic E-state index is -1.09. The maximum atomic E-state index is 11.4. The number of terminal acetylenes is 1. The molecule has 0 spiro atoms. The van der Waals surface area contributed by atoms with Crippen LogP contribution in [0.5, 0.6) is 0 Å². The van der Waals surface area contributed by atoms with E-state index in [0.717, 1.165) is 11.1 Å². The van der Waals surface area contributed by atoms with Gasteiger partial charge in [0.15, 0.2) is 5.69 Å². The van der Waals surface area contributed by atoms with E-state index in [9.17, 15) is 9.90 Å². The van der Waals surface area contributed by atoms with Gasteiger partial charge in [-0.25, -0.2) is 9.78 Å². The Balaban J connectivity index is 2.01. The third kappa shape index (κ3) is 3.07. The smallest absolute Gasteiger partial charge is 0.357 e. The lowest BCUT2D eigenvalue weighted by atomic mass is 10.1. The van der Waals surface area contributed by atoms with E-state index in [2.05, 4.69) is 21.3 Å². The first-order valence-corrected chi connectivity index (χ1v) is 7.45. The number of nitrogens with one attached hydrogen (secondary N) is 1. The summed E-state index contributed by atoms with van der Waals surface area (Å²) in [4.78, 5) is 15.7. The fraction of sp³-hybridized carbons (Fsp3) is 0.0625. The van der Waals surface area contributed by atoms with Crippen LogP contribution in [-0.4, -0.2) is 25.8 Å². The second-order valence-electron chi connectivity index (χ2n) is 4.75. The Morgan fingerprint density at radius 1 is 1.48 bits per heavy atom. The Morgan fingerprint density at radius 3 is 2.96 bits per heavy atom. The molecule has 1 aromatic carbocycles. The maximum absolute atomic E-state index is 11.4. The molecule has 2 aromatic heterocycles. The minimum absolute atomic E-state index is 0.0278. The molecule has 0 saturated carbocycles. The van der Waals surface area contributed by atoms with Crippen LogP contribution in [0.15, 0.2) is 36.7 Å². The second kappa shape index (κ2) is 5.94. The first kappa shape index (κ1) is 14.8. The van der Waals surface area contributed by atoms with Gasteiger partial charge in [0, 0.05) is 24.4 Å². The van der Waals surface area contributed by atoms with E-state index in [1.54, 1.807) is 30.2 Å².